The van der Waals surface area contributed by atoms with Gasteiger partial charge in [-0.15, -0.1) is 5.10 Å². The number of oxime groups is 1. The van der Waals surface area contributed by atoms with E-state index in [1.54, 1.807) is 23.5 Å². The lowest BCUT2D eigenvalue weighted by molar-refractivity contribution is 0.318. The van der Waals surface area contributed by atoms with Gasteiger partial charge in [0.25, 0.3) is 0 Å². The smallest absolute Gasteiger partial charge is 0.219 e. The van der Waals surface area contributed by atoms with Gasteiger partial charge in [0.2, 0.25) is 11.7 Å². The van der Waals surface area contributed by atoms with Crippen LogP contribution in [0.15, 0.2) is 30.2 Å². The monoisotopic (exact) mass is 235 g/mol. The van der Waals surface area contributed by atoms with Crippen molar-refractivity contribution in [3.63, 3.8) is 0 Å². The molecular formula is C9H13N7O. The summed E-state index contributed by atoms with van der Waals surface area (Å²) in [6, 6.07) is 0. The Morgan fingerprint density at radius 3 is 3.00 bits per heavy atom. The SMILES string of the molecule is N/C(=N/O)c1ncn(CCCn2ccnc2)n1. The molecule has 0 spiro atoms. The molecule has 2 aromatic heterocycles. The van der Waals surface area contributed by atoms with E-state index in [0.29, 0.717) is 6.54 Å². The van der Waals surface area contributed by atoms with E-state index in [2.05, 4.69) is 20.2 Å². The van der Waals surface area contributed by atoms with Gasteiger partial charge in [0.05, 0.1) is 6.33 Å². The first kappa shape index (κ1) is 11.1. The number of rotatable bonds is 5. The van der Waals surface area contributed by atoms with Crippen molar-refractivity contribution >= 4 is 5.84 Å². The predicted octanol–water partition coefficient (Wildman–Crippen LogP) is -0.341. The molecule has 0 aliphatic heterocycles. The zero-order valence-corrected chi connectivity index (χ0v) is 9.14. The van der Waals surface area contributed by atoms with Crippen LogP contribution in [0.3, 0.4) is 0 Å². The van der Waals surface area contributed by atoms with Crippen LogP contribution in [-0.4, -0.2) is 35.4 Å². The Morgan fingerprint density at radius 1 is 1.41 bits per heavy atom. The zero-order valence-electron chi connectivity index (χ0n) is 9.14. The molecule has 0 fully saturated rings. The highest BCUT2D eigenvalue weighted by Gasteiger charge is 2.05. The Hall–Kier alpha value is -2.38. The lowest BCUT2D eigenvalue weighted by Crippen LogP contribution is -2.15. The standard InChI is InChI=1S/C9H13N7O/c10-8(14-17)9-12-7-16(13-9)4-1-3-15-5-2-11-6-15/h2,5-7,17H,1,3-4H2,(H2,10,14). The maximum Gasteiger partial charge on any atom is 0.219 e. The van der Waals surface area contributed by atoms with Gasteiger partial charge in [-0.1, -0.05) is 5.16 Å². The van der Waals surface area contributed by atoms with Crippen LogP contribution in [0.5, 0.6) is 0 Å². The average molecular weight is 235 g/mol. The molecule has 0 aromatic carbocycles. The van der Waals surface area contributed by atoms with Crippen molar-refractivity contribution in [1.82, 2.24) is 24.3 Å². The second kappa shape index (κ2) is 5.10. The van der Waals surface area contributed by atoms with Gasteiger partial charge >= 0.3 is 0 Å². The molecule has 2 aromatic rings. The van der Waals surface area contributed by atoms with Crippen molar-refractivity contribution in [3.8, 4) is 0 Å². The molecule has 0 atom stereocenters. The summed E-state index contributed by atoms with van der Waals surface area (Å²) in [6.45, 7) is 1.57. The van der Waals surface area contributed by atoms with Gasteiger partial charge < -0.3 is 15.5 Å². The summed E-state index contributed by atoms with van der Waals surface area (Å²) in [6.07, 6.45) is 7.87. The fourth-order valence-corrected chi connectivity index (χ4v) is 1.40. The van der Waals surface area contributed by atoms with E-state index >= 15 is 0 Å². The van der Waals surface area contributed by atoms with E-state index in [1.807, 2.05) is 10.8 Å². The van der Waals surface area contributed by atoms with E-state index in [0.717, 1.165) is 13.0 Å². The Bertz CT molecular complexity index is 487. The van der Waals surface area contributed by atoms with E-state index in [4.69, 9.17) is 10.9 Å². The fraction of sp³-hybridized carbons (Fsp3) is 0.333. The van der Waals surface area contributed by atoms with Crippen molar-refractivity contribution in [2.24, 2.45) is 10.9 Å². The molecule has 8 heteroatoms. The van der Waals surface area contributed by atoms with Gasteiger partial charge in [0.1, 0.15) is 6.33 Å². The number of nitrogens with two attached hydrogens (primary N) is 1. The molecule has 8 nitrogen and oxygen atoms in total. The minimum atomic E-state index is -0.0849. The number of amidine groups is 1. The van der Waals surface area contributed by atoms with Gasteiger partial charge in [0, 0.05) is 25.5 Å². The van der Waals surface area contributed by atoms with Crippen LogP contribution in [0.4, 0.5) is 0 Å². The molecule has 3 N–H and O–H groups in total. The van der Waals surface area contributed by atoms with Crippen molar-refractivity contribution < 1.29 is 5.21 Å². The van der Waals surface area contributed by atoms with Crippen LogP contribution in [0, 0.1) is 0 Å². The van der Waals surface area contributed by atoms with Crippen molar-refractivity contribution in [1.29, 1.82) is 0 Å². The van der Waals surface area contributed by atoms with Crippen molar-refractivity contribution in [3.05, 3.63) is 30.9 Å². The summed E-state index contributed by atoms with van der Waals surface area (Å²) in [4.78, 5) is 7.87. The molecule has 17 heavy (non-hydrogen) atoms. The average Bonchev–Trinajstić information content (AvgIpc) is 2.99. The van der Waals surface area contributed by atoms with Crippen LogP contribution >= 0.6 is 0 Å². The van der Waals surface area contributed by atoms with Crippen LogP contribution in [-0.2, 0) is 13.1 Å². The Balaban J connectivity index is 1.85. The molecule has 0 aliphatic rings. The molecule has 0 saturated heterocycles. The minimum Gasteiger partial charge on any atom is -0.409 e. The predicted molar refractivity (Wildman–Crippen MR) is 59.4 cm³/mol. The quantitative estimate of drug-likeness (QED) is 0.319. The first-order valence-corrected chi connectivity index (χ1v) is 5.12. The second-order valence-corrected chi connectivity index (χ2v) is 3.47. The van der Waals surface area contributed by atoms with Crippen LogP contribution in [0.2, 0.25) is 0 Å². The number of aromatic nitrogens is 5. The van der Waals surface area contributed by atoms with E-state index in [1.165, 1.54) is 0 Å². The number of imidazole rings is 1. The molecule has 0 bridgehead atoms. The Kier molecular flexibility index (Phi) is 3.34. The molecule has 90 valence electrons. The number of nitrogens with zero attached hydrogens (tertiary/aromatic N) is 6. The highest BCUT2D eigenvalue weighted by atomic mass is 16.4. The summed E-state index contributed by atoms with van der Waals surface area (Å²) in [5.74, 6) is 0.147. The fourth-order valence-electron chi connectivity index (χ4n) is 1.40. The molecule has 2 heterocycles. The largest absolute Gasteiger partial charge is 0.409 e. The summed E-state index contributed by atoms with van der Waals surface area (Å²) >= 11 is 0. The van der Waals surface area contributed by atoms with Crippen LogP contribution in [0.1, 0.15) is 12.2 Å². The maximum absolute atomic E-state index is 8.46. The van der Waals surface area contributed by atoms with Crippen LogP contribution < -0.4 is 5.73 Å². The maximum atomic E-state index is 8.46. The van der Waals surface area contributed by atoms with Gasteiger partial charge in [-0.05, 0) is 6.42 Å². The molecule has 0 amide bonds. The summed E-state index contributed by atoms with van der Waals surface area (Å²) in [5.41, 5.74) is 5.36. The van der Waals surface area contributed by atoms with Crippen molar-refractivity contribution in [2.75, 3.05) is 0 Å². The lowest BCUT2D eigenvalue weighted by atomic mass is 10.4. The van der Waals surface area contributed by atoms with E-state index < -0.39 is 0 Å². The third-order valence-electron chi connectivity index (χ3n) is 2.24. The number of hydrogen-bond donors (Lipinski definition) is 2. The molecule has 0 saturated carbocycles. The Morgan fingerprint density at radius 2 is 2.29 bits per heavy atom. The third kappa shape index (κ3) is 2.80. The highest BCUT2D eigenvalue weighted by Crippen LogP contribution is 1.95. The normalized spacial score (nSPS) is 11.9. The zero-order chi connectivity index (χ0) is 12.1. The van der Waals surface area contributed by atoms with Crippen LogP contribution in [0.25, 0.3) is 0 Å². The van der Waals surface area contributed by atoms with E-state index in [-0.39, 0.29) is 11.7 Å². The van der Waals surface area contributed by atoms with Gasteiger partial charge in [0.15, 0.2) is 0 Å². The molecule has 0 unspecified atom stereocenters. The minimum absolute atomic E-state index is 0.0849. The molecule has 2 rings (SSSR count). The topological polar surface area (TPSA) is 107 Å². The lowest BCUT2D eigenvalue weighted by Gasteiger charge is -2.01. The Labute approximate surface area is 97.4 Å². The molecular weight excluding hydrogens is 222 g/mol. The second-order valence-electron chi connectivity index (χ2n) is 3.47. The first-order valence-electron chi connectivity index (χ1n) is 5.12. The number of aryl methyl sites for hydroxylation is 2. The molecule has 0 aliphatic carbocycles. The van der Waals surface area contributed by atoms with Gasteiger partial charge in [-0.25, -0.2) is 9.97 Å². The summed E-state index contributed by atoms with van der Waals surface area (Å²) in [5, 5.41) is 15.4. The van der Waals surface area contributed by atoms with Gasteiger partial charge in [-0.2, -0.15) is 0 Å². The summed E-state index contributed by atoms with van der Waals surface area (Å²) in [7, 11) is 0. The van der Waals surface area contributed by atoms with Crippen molar-refractivity contribution in [2.45, 2.75) is 19.5 Å². The number of hydrogen-bond acceptors (Lipinski definition) is 5. The molecule has 0 radical (unpaired) electrons. The summed E-state index contributed by atoms with van der Waals surface area (Å²) < 4.78 is 3.64. The third-order valence-corrected chi connectivity index (χ3v) is 2.24. The van der Waals surface area contributed by atoms with E-state index in [9.17, 15) is 0 Å². The van der Waals surface area contributed by atoms with Gasteiger partial charge in [-0.3, -0.25) is 4.68 Å². The first-order chi connectivity index (χ1) is 8.29. The highest BCUT2D eigenvalue weighted by molar-refractivity contribution is 5.93.